The van der Waals surface area contributed by atoms with Crippen molar-refractivity contribution in [3.8, 4) is 5.75 Å². The third-order valence-electron chi connectivity index (χ3n) is 2.63. The second-order valence-electron chi connectivity index (χ2n) is 5.50. The topological polar surface area (TPSA) is 55.5 Å². The van der Waals surface area contributed by atoms with E-state index < -0.39 is 0 Å². The zero-order valence-electron chi connectivity index (χ0n) is 11.2. The van der Waals surface area contributed by atoms with Crippen molar-refractivity contribution >= 4 is 0 Å². The van der Waals surface area contributed by atoms with Gasteiger partial charge in [-0.2, -0.15) is 0 Å². The van der Waals surface area contributed by atoms with Gasteiger partial charge in [0.25, 0.3) is 0 Å². The van der Waals surface area contributed by atoms with Gasteiger partial charge in [-0.05, 0) is 29.5 Å². The van der Waals surface area contributed by atoms with E-state index in [1.165, 1.54) is 0 Å². The molecule has 0 aliphatic carbocycles. The van der Waals surface area contributed by atoms with Crippen LogP contribution in [0.1, 0.15) is 31.9 Å². The molecular weight excluding hydrogens is 214 g/mol. The van der Waals surface area contributed by atoms with E-state index in [1.54, 1.807) is 0 Å². The van der Waals surface area contributed by atoms with Crippen molar-refractivity contribution in [3.05, 3.63) is 29.3 Å². The van der Waals surface area contributed by atoms with Crippen molar-refractivity contribution in [1.82, 2.24) is 0 Å². The van der Waals surface area contributed by atoms with Crippen LogP contribution in [0.5, 0.6) is 5.75 Å². The number of hydrogen-bond donors (Lipinski definition) is 2. The Balaban J connectivity index is 2.92. The van der Waals surface area contributed by atoms with E-state index in [0.29, 0.717) is 6.61 Å². The molecule has 0 saturated heterocycles. The summed E-state index contributed by atoms with van der Waals surface area (Å²) in [6.45, 7) is 8.76. The minimum atomic E-state index is -0.330. The Morgan fingerprint density at radius 3 is 2.53 bits per heavy atom. The van der Waals surface area contributed by atoms with E-state index in [0.717, 1.165) is 16.9 Å². The third-order valence-corrected chi connectivity index (χ3v) is 2.63. The van der Waals surface area contributed by atoms with Crippen LogP contribution < -0.4 is 10.5 Å². The molecule has 3 N–H and O–H groups in total. The molecule has 1 aromatic carbocycles. The monoisotopic (exact) mass is 237 g/mol. The van der Waals surface area contributed by atoms with Gasteiger partial charge in [-0.25, -0.2) is 0 Å². The van der Waals surface area contributed by atoms with Gasteiger partial charge in [-0.15, -0.1) is 0 Å². The minimum absolute atomic E-state index is 0.0341. The second kappa shape index (κ2) is 5.52. The van der Waals surface area contributed by atoms with E-state index in [1.807, 2.05) is 13.0 Å². The Labute approximate surface area is 104 Å². The normalized spacial score (nSPS) is 13.5. The van der Waals surface area contributed by atoms with Gasteiger partial charge in [0, 0.05) is 0 Å². The number of ether oxygens (including phenoxy) is 1. The Bertz CT molecular complexity index is 369. The first-order chi connectivity index (χ1) is 7.84. The highest BCUT2D eigenvalue weighted by Gasteiger charge is 2.19. The first-order valence-corrected chi connectivity index (χ1v) is 5.95. The van der Waals surface area contributed by atoms with Crippen LogP contribution in [0.15, 0.2) is 18.2 Å². The zero-order valence-corrected chi connectivity index (χ0v) is 11.2. The lowest BCUT2D eigenvalue weighted by molar-refractivity contribution is 0.204. The van der Waals surface area contributed by atoms with Crippen LogP contribution in [-0.2, 0) is 5.41 Å². The number of aryl methyl sites for hydroxylation is 1. The van der Waals surface area contributed by atoms with Gasteiger partial charge in [0.2, 0.25) is 0 Å². The first kappa shape index (κ1) is 14.0. The summed E-state index contributed by atoms with van der Waals surface area (Å²) in [5, 5.41) is 8.89. The van der Waals surface area contributed by atoms with Crippen LogP contribution in [-0.4, -0.2) is 24.4 Å². The third kappa shape index (κ3) is 4.02. The molecule has 0 radical (unpaired) electrons. The van der Waals surface area contributed by atoms with Gasteiger partial charge < -0.3 is 15.6 Å². The highest BCUT2D eigenvalue weighted by Crippen LogP contribution is 2.32. The molecule has 3 nitrogen and oxygen atoms in total. The number of aliphatic hydroxyl groups is 1. The van der Waals surface area contributed by atoms with Crippen molar-refractivity contribution in [3.63, 3.8) is 0 Å². The SMILES string of the molecule is Cc1ccc(C(C)(C)C)c(OCC(N)CO)c1. The molecule has 0 aliphatic rings. The Hall–Kier alpha value is -1.06. The fourth-order valence-electron chi connectivity index (χ4n) is 1.62. The molecule has 0 saturated carbocycles. The lowest BCUT2D eigenvalue weighted by Gasteiger charge is -2.24. The number of nitrogens with two attached hydrogens (primary N) is 1. The molecule has 0 fully saturated rings. The smallest absolute Gasteiger partial charge is 0.123 e. The Kier molecular flexibility index (Phi) is 4.54. The molecule has 1 rings (SSSR count). The Morgan fingerprint density at radius 1 is 1.35 bits per heavy atom. The van der Waals surface area contributed by atoms with Crippen LogP contribution in [0.25, 0.3) is 0 Å². The van der Waals surface area contributed by atoms with Crippen molar-refractivity contribution in [2.24, 2.45) is 5.73 Å². The average Bonchev–Trinajstić information content (AvgIpc) is 2.24. The largest absolute Gasteiger partial charge is 0.492 e. The van der Waals surface area contributed by atoms with Crippen molar-refractivity contribution in [1.29, 1.82) is 0 Å². The molecule has 0 heterocycles. The molecule has 1 unspecified atom stereocenters. The number of aliphatic hydroxyl groups excluding tert-OH is 1. The van der Waals surface area contributed by atoms with Crippen LogP contribution in [0.3, 0.4) is 0 Å². The highest BCUT2D eigenvalue weighted by molar-refractivity contribution is 5.41. The van der Waals surface area contributed by atoms with E-state index in [9.17, 15) is 0 Å². The van der Waals surface area contributed by atoms with Gasteiger partial charge in [-0.1, -0.05) is 32.9 Å². The van der Waals surface area contributed by atoms with Crippen molar-refractivity contribution < 1.29 is 9.84 Å². The number of rotatable bonds is 4. The Morgan fingerprint density at radius 2 is 2.00 bits per heavy atom. The van der Waals surface area contributed by atoms with Crippen LogP contribution >= 0.6 is 0 Å². The van der Waals surface area contributed by atoms with Gasteiger partial charge in [0.05, 0.1) is 12.6 Å². The average molecular weight is 237 g/mol. The van der Waals surface area contributed by atoms with Crippen LogP contribution in [0.2, 0.25) is 0 Å². The zero-order chi connectivity index (χ0) is 13.1. The quantitative estimate of drug-likeness (QED) is 0.842. The lowest BCUT2D eigenvalue weighted by Crippen LogP contribution is -2.31. The number of benzene rings is 1. The summed E-state index contributed by atoms with van der Waals surface area (Å²) in [5.74, 6) is 0.862. The summed E-state index contributed by atoms with van der Waals surface area (Å²) in [6.07, 6.45) is 0. The van der Waals surface area contributed by atoms with Crippen LogP contribution in [0.4, 0.5) is 0 Å². The fraction of sp³-hybridized carbons (Fsp3) is 0.571. The predicted molar refractivity (Wildman–Crippen MR) is 70.4 cm³/mol. The summed E-state index contributed by atoms with van der Waals surface area (Å²) >= 11 is 0. The van der Waals surface area contributed by atoms with E-state index >= 15 is 0 Å². The maximum Gasteiger partial charge on any atom is 0.123 e. The van der Waals surface area contributed by atoms with E-state index in [-0.39, 0.29) is 18.1 Å². The van der Waals surface area contributed by atoms with Gasteiger partial charge in [0.15, 0.2) is 0 Å². The highest BCUT2D eigenvalue weighted by atomic mass is 16.5. The molecular formula is C14H23NO2. The molecule has 0 amide bonds. The lowest BCUT2D eigenvalue weighted by atomic mass is 9.86. The summed E-state index contributed by atoms with van der Waals surface area (Å²) in [6, 6.07) is 5.86. The maximum atomic E-state index is 8.89. The van der Waals surface area contributed by atoms with Gasteiger partial charge >= 0.3 is 0 Å². The predicted octanol–water partition coefficient (Wildman–Crippen LogP) is 1.99. The molecule has 0 spiro atoms. The molecule has 1 aromatic rings. The molecule has 3 heteroatoms. The van der Waals surface area contributed by atoms with Crippen molar-refractivity contribution in [2.45, 2.75) is 39.2 Å². The first-order valence-electron chi connectivity index (χ1n) is 5.95. The molecule has 96 valence electrons. The van der Waals surface area contributed by atoms with E-state index in [2.05, 4.69) is 32.9 Å². The van der Waals surface area contributed by atoms with Crippen molar-refractivity contribution in [2.75, 3.05) is 13.2 Å². The minimum Gasteiger partial charge on any atom is -0.492 e. The summed E-state index contributed by atoms with van der Waals surface area (Å²) < 4.78 is 5.71. The molecule has 17 heavy (non-hydrogen) atoms. The van der Waals surface area contributed by atoms with Gasteiger partial charge in [0.1, 0.15) is 12.4 Å². The van der Waals surface area contributed by atoms with E-state index in [4.69, 9.17) is 15.6 Å². The molecule has 1 atom stereocenters. The van der Waals surface area contributed by atoms with Crippen LogP contribution in [0, 0.1) is 6.92 Å². The second-order valence-corrected chi connectivity index (χ2v) is 5.50. The van der Waals surface area contributed by atoms with Gasteiger partial charge in [-0.3, -0.25) is 0 Å². The number of hydrogen-bond acceptors (Lipinski definition) is 3. The maximum absolute atomic E-state index is 8.89. The summed E-state index contributed by atoms with van der Waals surface area (Å²) in [5.41, 5.74) is 8.00. The molecule has 0 aliphatic heterocycles. The fourth-order valence-corrected chi connectivity index (χ4v) is 1.62. The summed E-state index contributed by atoms with van der Waals surface area (Å²) in [4.78, 5) is 0. The summed E-state index contributed by atoms with van der Waals surface area (Å²) in [7, 11) is 0. The standard InChI is InChI=1S/C14H23NO2/c1-10-5-6-12(14(2,3)4)13(7-10)17-9-11(15)8-16/h5-7,11,16H,8-9,15H2,1-4H3. The molecule has 0 bridgehead atoms. The molecule has 0 aromatic heterocycles.